The second-order valence-electron chi connectivity index (χ2n) is 6.64. The van der Waals surface area contributed by atoms with E-state index in [1.807, 2.05) is 0 Å². The number of halogens is 2. The third-order valence-electron chi connectivity index (χ3n) is 4.39. The Morgan fingerprint density at radius 3 is 2.62 bits per heavy atom. The molecule has 164 valence electrons. The first kappa shape index (κ1) is 21.8. The van der Waals surface area contributed by atoms with Gasteiger partial charge in [0.05, 0.1) is 5.75 Å². The number of amides is 1. The fourth-order valence-corrected chi connectivity index (χ4v) is 4.35. The van der Waals surface area contributed by atoms with Gasteiger partial charge in [0, 0.05) is 13.0 Å². The van der Waals surface area contributed by atoms with Crippen molar-refractivity contribution in [1.82, 2.24) is 30.4 Å². The van der Waals surface area contributed by atoms with Crippen LogP contribution in [0.5, 0.6) is 0 Å². The van der Waals surface area contributed by atoms with Gasteiger partial charge >= 0.3 is 0 Å². The molecule has 4 rings (SSSR count). The molecule has 2 heterocycles. The summed E-state index contributed by atoms with van der Waals surface area (Å²) < 4.78 is 28.1. The summed E-state index contributed by atoms with van der Waals surface area (Å²) in [5, 5.41) is 20.0. The number of nitrogens with zero attached hydrogens (tertiary/aromatic N) is 5. The number of rotatable bonds is 8. The minimum absolute atomic E-state index is 0.216. The molecule has 2 aromatic carbocycles. The van der Waals surface area contributed by atoms with Gasteiger partial charge in [-0.3, -0.25) is 4.79 Å². The molecule has 0 aliphatic heterocycles. The molecular formula is C20H17F2N7OS2. The van der Waals surface area contributed by atoms with E-state index in [0.29, 0.717) is 27.3 Å². The van der Waals surface area contributed by atoms with E-state index in [-0.39, 0.29) is 35.5 Å². The molecule has 12 heteroatoms. The number of carbonyl (C=O) groups excluding carboxylic acids is 1. The van der Waals surface area contributed by atoms with Crippen molar-refractivity contribution >= 4 is 29.0 Å². The van der Waals surface area contributed by atoms with E-state index in [2.05, 4.69) is 25.7 Å². The van der Waals surface area contributed by atoms with Crippen LogP contribution in [0.25, 0.3) is 0 Å². The van der Waals surface area contributed by atoms with Crippen LogP contribution in [0.2, 0.25) is 0 Å². The molecule has 0 spiro atoms. The zero-order valence-electron chi connectivity index (χ0n) is 16.5. The lowest BCUT2D eigenvalue weighted by Crippen LogP contribution is -2.22. The average molecular weight is 474 g/mol. The highest BCUT2D eigenvalue weighted by Gasteiger charge is 2.16. The summed E-state index contributed by atoms with van der Waals surface area (Å²) in [7, 11) is 0. The van der Waals surface area contributed by atoms with Crippen LogP contribution in [0, 0.1) is 11.6 Å². The quantitative estimate of drug-likeness (QED) is 0.299. The van der Waals surface area contributed by atoms with Gasteiger partial charge < -0.3 is 11.2 Å². The third kappa shape index (κ3) is 5.26. The SMILES string of the molecule is Nn1c(Cc2ccccc2F)nnc1SCc1nnc(C(=O)NCc2ccc(F)cc2)s1. The van der Waals surface area contributed by atoms with E-state index in [1.54, 1.807) is 30.3 Å². The molecule has 1 amide bonds. The lowest BCUT2D eigenvalue weighted by molar-refractivity contribution is 0.0950. The van der Waals surface area contributed by atoms with Crippen LogP contribution in [-0.4, -0.2) is 31.0 Å². The Morgan fingerprint density at radius 2 is 1.84 bits per heavy atom. The number of benzene rings is 2. The van der Waals surface area contributed by atoms with Gasteiger partial charge in [-0.1, -0.05) is 53.4 Å². The fourth-order valence-electron chi connectivity index (χ4n) is 2.73. The summed E-state index contributed by atoms with van der Waals surface area (Å²) in [5.74, 6) is 5.84. The number of nitrogens with two attached hydrogens (primary N) is 1. The van der Waals surface area contributed by atoms with Gasteiger partial charge in [0.25, 0.3) is 5.91 Å². The fraction of sp³-hybridized carbons (Fsp3) is 0.150. The molecule has 4 aromatic rings. The molecule has 0 atom stereocenters. The van der Waals surface area contributed by atoms with Gasteiger partial charge in [-0.05, 0) is 29.3 Å². The summed E-state index contributed by atoms with van der Waals surface area (Å²) in [6.07, 6.45) is 0.216. The second kappa shape index (κ2) is 9.83. The Labute approximate surface area is 189 Å². The molecule has 32 heavy (non-hydrogen) atoms. The van der Waals surface area contributed by atoms with Crippen LogP contribution in [-0.2, 0) is 18.7 Å². The summed E-state index contributed by atoms with van der Waals surface area (Å²) in [5.41, 5.74) is 1.25. The lowest BCUT2D eigenvalue weighted by Gasteiger charge is -2.04. The summed E-state index contributed by atoms with van der Waals surface area (Å²) in [6, 6.07) is 12.3. The molecule has 0 saturated carbocycles. The van der Waals surface area contributed by atoms with Crippen molar-refractivity contribution in [1.29, 1.82) is 0 Å². The molecule has 0 unspecified atom stereocenters. The topological polar surface area (TPSA) is 112 Å². The maximum Gasteiger partial charge on any atom is 0.282 e. The number of nitrogen functional groups attached to an aromatic ring is 1. The number of hydrogen-bond acceptors (Lipinski definition) is 8. The lowest BCUT2D eigenvalue weighted by atomic mass is 10.1. The van der Waals surface area contributed by atoms with E-state index in [9.17, 15) is 13.6 Å². The highest BCUT2D eigenvalue weighted by Crippen LogP contribution is 2.23. The average Bonchev–Trinajstić information content (AvgIpc) is 3.40. The van der Waals surface area contributed by atoms with Gasteiger partial charge in [-0.15, -0.1) is 20.4 Å². The van der Waals surface area contributed by atoms with Crippen molar-refractivity contribution in [3.8, 4) is 0 Å². The number of hydrogen-bond donors (Lipinski definition) is 2. The monoisotopic (exact) mass is 473 g/mol. The molecule has 0 saturated heterocycles. The highest BCUT2D eigenvalue weighted by molar-refractivity contribution is 7.98. The number of aromatic nitrogens is 5. The first-order chi connectivity index (χ1) is 15.5. The Bertz CT molecular complexity index is 1230. The second-order valence-corrected chi connectivity index (χ2v) is 8.64. The predicted octanol–water partition coefficient (Wildman–Crippen LogP) is 2.93. The largest absolute Gasteiger partial charge is 0.346 e. The van der Waals surface area contributed by atoms with E-state index in [4.69, 9.17) is 5.84 Å². The highest BCUT2D eigenvalue weighted by atomic mass is 32.2. The van der Waals surface area contributed by atoms with Crippen LogP contribution < -0.4 is 11.2 Å². The van der Waals surface area contributed by atoms with Gasteiger partial charge in [-0.25, -0.2) is 13.5 Å². The molecule has 0 bridgehead atoms. The Hall–Kier alpha value is -3.38. The van der Waals surface area contributed by atoms with Crippen molar-refractivity contribution in [2.24, 2.45) is 0 Å². The van der Waals surface area contributed by atoms with Gasteiger partial charge in [-0.2, -0.15) is 0 Å². The summed E-state index contributed by atoms with van der Waals surface area (Å²) in [4.78, 5) is 12.3. The van der Waals surface area contributed by atoms with Crippen molar-refractivity contribution in [2.45, 2.75) is 23.9 Å². The molecule has 0 aliphatic rings. The van der Waals surface area contributed by atoms with Gasteiger partial charge in [0.2, 0.25) is 10.2 Å². The zero-order valence-corrected chi connectivity index (χ0v) is 18.2. The normalized spacial score (nSPS) is 10.9. The molecule has 3 N–H and O–H groups in total. The minimum Gasteiger partial charge on any atom is -0.346 e. The first-order valence-corrected chi connectivity index (χ1v) is 11.2. The first-order valence-electron chi connectivity index (χ1n) is 9.40. The molecule has 8 nitrogen and oxygen atoms in total. The van der Waals surface area contributed by atoms with Crippen molar-refractivity contribution < 1.29 is 13.6 Å². The zero-order chi connectivity index (χ0) is 22.5. The van der Waals surface area contributed by atoms with Crippen LogP contribution in [0.1, 0.15) is 31.8 Å². The predicted molar refractivity (Wildman–Crippen MR) is 116 cm³/mol. The van der Waals surface area contributed by atoms with E-state index in [1.165, 1.54) is 34.6 Å². The van der Waals surface area contributed by atoms with Crippen molar-refractivity contribution in [2.75, 3.05) is 5.84 Å². The summed E-state index contributed by atoms with van der Waals surface area (Å²) in [6.45, 7) is 0.254. The standard InChI is InChI=1S/C20H17F2N7OS2/c21-14-7-5-12(6-8-14)10-24-18(30)19-27-26-17(32-19)11-31-20-28-25-16(29(20)23)9-13-3-1-2-4-15(13)22/h1-8H,9-11,23H2,(H,24,30). The third-order valence-corrected chi connectivity index (χ3v) is 6.45. The smallest absolute Gasteiger partial charge is 0.282 e. The van der Waals surface area contributed by atoms with Crippen LogP contribution in [0.15, 0.2) is 53.7 Å². The van der Waals surface area contributed by atoms with Gasteiger partial charge in [0.1, 0.15) is 16.6 Å². The summed E-state index contributed by atoms with van der Waals surface area (Å²) >= 11 is 2.44. The van der Waals surface area contributed by atoms with Crippen molar-refractivity contribution in [3.63, 3.8) is 0 Å². The maximum absolute atomic E-state index is 13.9. The molecule has 0 fully saturated rings. The van der Waals surface area contributed by atoms with Gasteiger partial charge in [0.15, 0.2) is 5.82 Å². The van der Waals surface area contributed by atoms with E-state index in [0.717, 1.165) is 16.9 Å². The number of carbonyl (C=O) groups is 1. The van der Waals surface area contributed by atoms with E-state index < -0.39 is 0 Å². The van der Waals surface area contributed by atoms with Crippen LogP contribution in [0.3, 0.4) is 0 Å². The minimum atomic E-state index is -0.364. The Balaban J connectivity index is 1.32. The molecular weight excluding hydrogens is 456 g/mol. The van der Waals surface area contributed by atoms with Crippen LogP contribution in [0.4, 0.5) is 8.78 Å². The maximum atomic E-state index is 13.9. The van der Waals surface area contributed by atoms with Crippen molar-refractivity contribution in [3.05, 3.63) is 87.1 Å². The Morgan fingerprint density at radius 1 is 1.06 bits per heavy atom. The molecule has 0 radical (unpaired) electrons. The number of nitrogens with one attached hydrogen (secondary N) is 1. The van der Waals surface area contributed by atoms with E-state index >= 15 is 0 Å². The molecule has 2 aromatic heterocycles. The Kier molecular flexibility index (Phi) is 6.71. The van der Waals surface area contributed by atoms with Crippen LogP contribution >= 0.6 is 23.1 Å². The number of thioether (sulfide) groups is 1. The molecule has 0 aliphatic carbocycles.